The van der Waals surface area contributed by atoms with Gasteiger partial charge in [-0.05, 0) is 34.6 Å². The van der Waals surface area contributed by atoms with Crippen LogP contribution in [0.15, 0.2) is 24.3 Å². The summed E-state index contributed by atoms with van der Waals surface area (Å²) in [7, 11) is 0. The number of epoxide rings is 1. The topological polar surface area (TPSA) is 65.1 Å². The van der Waals surface area contributed by atoms with Crippen LogP contribution in [0.3, 0.4) is 0 Å². The lowest BCUT2D eigenvalue weighted by Gasteiger charge is -2.19. The molecule has 1 atom stereocenters. The molecule has 1 heterocycles. The van der Waals surface area contributed by atoms with Crippen molar-refractivity contribution in [2.75, 3.05) is 13.2 Å². The predicted molar refractivity (Wildman–Crippen MR) is 76.2 cm³/mol. The molecule has 114 valence electrons. The fourth-order valence-corrected chi connectivity index (χ4v) is 0.821. The standard InChI is InChI=1S/C8H14O2.C7H10O3/c1-6(2)7(9)10-8(3,4)5;1-5(2)7(8)10-4-6-3-9-6/h1H2,2-5H3;6H,1,3-4H2,2H3. The monoisotopic (exact) mass is 284 g/mol. The van der Waals surface area contributed by atoms with Crippen molar-refractivity contribution in [1.29, 1.82) is 0 Å². The van der Waals surface area contributed by atoms with Gasteiger partial charge >= 0.3 is 11.9 Å². The van der Waals surface area contributed by atoms with Crippen LogP contribution < -0.4 is 0 Å². The Bertz CT molecular complexity index is 386. The molecule has 20 heavy (non-hydrogen) atoms. The summed E-state index contributed by atoms with van der Waals surface area (Å²) in [5, 5.41) is 0. The maximum Gasteiger partial charge on any atom is 0.333 e. The van der Waals surface area contributed by atoms with E-state index in [0.29, 0.717) is 24.4 Å². The number of carbonyl (C=O) groups excluding carboxylic acids is 2. The average molecular weight is 284 g/mol. The van der Waals surface area contributed by atoms with Gasteiger partial charge in [0.1, 0.15) is 18.3 Å². The first-order valence-corrected chi connectivity index (χ1v) is 6.36. The fraction of sp³-hybridized carbons (Fsp3) is 0.600. The SMILES string of the molecule is C=C(C)C(=O)OC(C)(C)C.C=C(C)C(=O)OCC1CO1. The van der Waals surface area contributed by atoms with Gasteiger partial charge in [0.25, 0.3) is 0 Å². The van der Waals surface area contributed by atoms with E-state index in [1.165, 1.54) is 0 Å². The first kappa shape index (κ1) is 18.4. The predicted octanol–water partition coefficient (Wildman–Crippen LogP) is 2.41. The number of carbonyl (C=O) groups is 2. The summed E-state index contributed by atoms with van der Waals surface area (Å²) in [6.45, 7) is 16.7. The molecule has 5 nitrogen and oxygen atoms in total. The molecular weight excluding hydrogens is 260 g/mol. The maximum absolute atomic E-state index is 10.8. The van der Waals surface area contributed by atoms with E-state index in [9.17, 15) is 9.59 Å². The van der Waals surface area contributed by atoms with E-state index in [4.69, 9.17) is 14.2 Å². The third-order valence-corrected chi connectivity index (χ3v) is 1.90. The molecule has 0 aliphatic carbocycles. The van der Waals surface area contributed by atoms with Crippen molar-refractivity contribution in [3.8, 4) is 0 Å². The van der Waals surface area contributed by atoms with Crippen LogP contribution in [0, 0.1) is 0 Å². The molecular formula is C15H24O5. The minimum absolute atomic E-state index is 0.142. The van der Waals surface area contributed by atoms with Crippen LogP contribution in [0.1, 0.15) is 34.6 Å². The molecule has 0 saturated carbocycles. The highest BCUT2D eigenvalue weighted by Crippen LogP contribution is 2.09. The molecule has 0 aromatic carbocycles. The lowest BCUT2D eigenvalue weighted by Crippen LogP contribution is -2.23. The Labute approximate surface area is 120 Å². The van der Waals surface area contributed by atoms with E-state index in [-0.39, 0.29) is 18.0 Å². The Morgan fingerprint density at radius 2 is 1.60 bits per heavy atom. The molecule has 0 bridgehead atoms. The highest BCUT2D eigenvalue weighted by molar-refractivity contribution is 5.87. The zero-order valence-corrected chi connectivity index (χ0v) is 12.9. The summed E-state index contributed by atoms with van der Waals surface area (Å²) < 4.78 is 14.6. The van der Waals surface area contributed by atoms with Gasteiger partial charge in [-0.3, -0.25) is 0 Å². The van der Waals surface area contributed by atoms with Crippen molar-refractivity contribution in [3.05, 3.63) is 24.3 Å². The van der Waals surface area contributed by atoms with Crippen molar-refractivity contribution in [2.24, 2.45) is 0 Å². The van der Waals surface area contributed by atoms with Gasteiger partial charge in [-0.2, -0.15) is 0 Å². The lowest BCUT2D eigenvalue weighted by molar-refractivity contribution is -0.149. The van der Waals surface area contributed by atoms with Crippen molar-refractivity contribution >= 4 is 11.9 Å². The van der Waals surface area contributed by atoms with E-state index < -0.39 is 5.60 Å². The van der Waals surface area contributed by atoms with E-state index in [1.54, 1.807) is 13.8 Å². The van der Waals surface area contributed by atoms with Gasteiger partial charge in [0, 0.05) is 11.1 Å². The van der Waals surface area contributed by atoms with Crippen LogP contribution in [-0.4, -0.2) is 36.9 Å². The van der Waals surface area contributed by atoms with Crippen LogP contribution in [0.4, 0.5) is 0 Å². The Hall–Kier alpha value is -1.62. The van der Waals surface area contributed by atoms with Crippen LogP contribution in [0.2, 0.25) is 0 Å². The number of hydrogen-bond acceptors (Lipinski definition) is 5. The largest absolute Gasteiger partial charge is 0.459 e. The quantitative estimate of drug-likeness (QED) is 0.450. The number of rotatable bonds is 4. The van der Waals surface area contributed by atoms with Gasteiger partial charge in [0.2, 0.25) is 0 Å². The Kier molecular flexibility index (Phi) is 7.21. The zero-order valence-electron chi connectivity index (χ0n) is 12.9. The van der Waals surface area contributed by atoms with Crippen LogP contribution in [0.5, 0.6) is 0 Å². The van der Waals surface area contributed by atoms with Crippen LogP contribution in [0.25, 0.3) is 0 Å². The second-order valence-corrected chi connectivity index (χ2v) is 5.62. The highest BCUT2D eigenvalue weighted by Gasteiger charge is 2.24. The second kappa shape index (κ2) is 7.85. The molecule has 1 unspecified atom stereocenters. The Morgan fingerprint density at radius 1 is 1.15 bits per heavy atom. The Balaban J connectivity index is 0.000000361. The zero-order chi connectivity index (χ0) is 15.9. The van der Waals surface area contributed by atoms with E-state index in [2.05, 4.69) is 13.2 Å². The number of esters is 2. The molecule has 5 heteroatoms. The van der Waals surface area contributed by atoms with Crippen molar-refractivity contribution in [3.63, 3.8) is 0 Å². The highest BCUT2D eigenvalue weighted by atomic mass is 16.6. The summed E-state index contributed by atoms with van der Waals surface area (Å²) in [5.74, 6) is -0.664. The first-order chi connectivity index (χ1) is 9.03. The first-order valence-electron chi connectivity index (χ1n) is 6.36. The molecule has 0 N–H and O–H groups in total. The van der Waals surface area contributed by atoms with Crippen molar-refractivity contribution in [2.45, 2.75) is 46.3 Å². The molecule has 0 aromatic rings. The summed E-state index contributed by atoms with van der Waals surface area (Å²) in [6, 6.07) is 0. The number of ether oxygens (including phenoxy) is 3. The normalized spacial score (nSPS) is 16.4. The van der Waals surface area contributed by atoms with Gasteiger partial charge < -0.3 is 14.2 Å². The molecule has 1 fully saturated rings. The molecule has 1 rings (SSSR count). The smallest absolute Gasteiger partial charge is 0.333 e. The van der Waals surface area contributed by atoms with Crippen molar-refractivity contribution < 1.29 is 23.8 Å². The summed E-state index contributed by atoms with van der Waals surface area (Å²) in [4.78, 5) is 21.5. The maximum atomic E-state index is 10.8. The molecule has 1 aliphatic heterocycles. The molecule has 0 aromatic heterocycles. The third-order valence-electron chi connectivity index (χ3n) is 1.90. The fourth-order valence-electron chi connectivity index (χ4n) is 0.821. The molecule has 0 amide bonds. The number of hydrogen-bond donors (Lipinski definition) is 0. The molecule has 0 spiro atoms. The molecule has 1 saturated heterocycles. The van der Waals surface area contributed by atoms with Crippen LogP contribution >= 0.6 is 0 Å². The third kappa shape index (κ3) is 10.3. The summed E-state index contributed by atoms with van der Waals surface area (Å²) in [6.07, 6.45) is 0.142. The summed E-state index contributed by atoms with van der Waals surface area (Å²) in [5.41, 5.74) is 0.464. The van der Waals surface area contributed by atoms with E-state index >= 15 is 0 Å². The minimum atomic E-state index is -0.407. The van der Waals surface area contributed by atoms with Gasteiger partial charge in [-0.25, -0.2) is 9.59 Å². The van der Waals surface area contributed by atoms with Gasteiger partial charge in [0.15, 0.2) is 0 Å². The second-order valence-electron chi connectivity index (χ2n) is 5.62. The average Bonchev–Trinajstić information content (AvgIpc) is 3.07. The van der Waals surface area contributed by atoms with Gasteiger partial charge in [-0.15, -0.1) is 0 Å². The Morgan fingerprint density at radius 3 is 1.85 bits per heavy atom. The lowest BCUT2D eigenvalue weighted by atomic mass is 10.2. The minimum Gasteiger partial charge on any atom is -0.459 e. The van der Waals surface area contributed by atoms with Gasteiger partial charge in [0.05, 0.1) is 6.61 Å². The van der Waals surface area contributed by atoms with E-state index in [0.717, 1.165) is 0 Å². The summed E-state index contributed by atoms with van der Waals surface area (Å²) >= 11 is 0. The molecule has 0 radical (unpaired) electrons. The van der Waals surface area contributed by atoms with Crippen LogP contribution in [-0.2, 0) is 23.8 Å². The van der Waals surface area contributed by atoms with E-state index in [1.807, 2.05) is 20.8 Å². The van der Waals surface area contributed by atoms with Crippen molar-refractivity contribution in [1.82, 2.24) is 0 Å². The van der Waals surface area contributed by atoms with Gasteiger partial charge in [-0.1, -0.05) is 13.2 Å². The molecule has 1 aliphatic rings.